The van der Waals surface area contributed by atoms with Gasteiger partial charge in [-0.2, -0.15) is 0 Å². The van der Waals surface area contributed by atoms with Crippen LogP contribution in [-0.2, 0) is 23.9 Å². The zero-order valence-electron chi connectivity index (χ0n) is 22.2. The van der Waals surface area contributed by atoms with Gasteiger partial charge < -0.3 is 4.74 Å². The van der Waals surface area contributed by atoms with Crippen molar-refractivity contribution in [2.45, 2.75) is 44.8 Å². The Kier molecular flexibility index (Phi) is 9.81. The largest absolute Gasteiger partial charge is 0.489 e. The van der Waals surface area contributed by atoms with Gasteiger partial charge in [-0.3, -0.25) is 9.29 Å². The van der Waals surface area contributed by atoms with Crippen molar-refractivity contribution < 1.29 is 17.5 Å². The summed E-state index contributed by atoms with van der Waals surface area (Å²) < 4.78 is 43.5. The molecule has 40 heavy (non-hydrogen) atoms. The molecule has 0 bridgehead atoms. The molecule has 1 aliphatic carbocycles. The highest BCUT2D eigenvalue weighted by Gasteiger charge is 2.25. The average molecular weight is 604 g/mol. The van der Waals surface area contributed by atoms with Crippen molar-refractivity contribution in [3.63, 3.8) is 0 Å². The van der Waals surface area contributed by atoms with Crippen LogP contribution in [0.2, 0.25) is 10.0 Å². The third-order valence-electron chi connectivity index (χ3n) is 7.57. The number of nitrogens with one attached hydrogen (secondary N) is 1. The molecule has 0 aromatic heterocycles. The van der Waals surface area contributed by atoms with Crippen molar-refractivity contribution in [2.75, 3.05) is 26.3 Å². The number of benzene rings is 3. The summed E-state index contributed by atoms with van der Waals surface area (Å²) in [7, 11) is -2.66. The van der Waals surface area contributed by atoms with Crippen LogP contribution in [0.1, 0.15) is 53.5 Å². The summed E-state index contributed by atoms with van der Waals surface area (Å²) in [6.07, 6.45) is 4.23. The number of fused-ring (bicyclic) bond motifs is 1. The molecule has 0 spiro atoms. The van der Waals surface area contributed by atoms with E-state index in [0.29, 0.717) is 16.5 Å². The van der Waals surface area contributed by atoms with Crippen molar-refractivity contribution in [1.82, 2.24) is 9.62 Å². The molecule has 5 nitrogen and oxygen atoms in total. The first-order valence-corrected chi connectivity index (χ1v) is 15.6. The molecule has 0 unspecified atom stereocenters. The molecule has 1 aliphatic heterocycles. The Hall–Kier alpha value is -2.42. The molecule has 0 amide bonds. The summed E-state index contributed by atoms with van der Waals surface area (Å²) in [5, 5.41) is 1.21. The van der Waals surface area contributed by atoms with E-state index in [4.69, 9.17) is 27.9 Å². The Morgan fingerprint density at radius 3 is 2.55 bits per heavy atom. The van der Waals surface area contributed by atoms with E-state index in [1.807, 2.05) is 30.3 Å². The zero-order valence-corrected chi connectivity index (χ0v) is 24.6. The number of allylic oxidation sites excluding steroid dienone is 1. The predicted molar refractivity (Wildman–Crippen MR) is 161 cm³/mol. The number of hydrogen-bond acceptors (Lipinski definition) is 4. The Morgan fingerprint density at radius 1 is 1.00 bits per heavy atom. The second-order valence-corrected chi connectivity index (χ2v) is 12.0. The van der Waals surface area contributed by atoms with Crippen molar-refractivity contribution in [3.05, 3.63) is 98.5 Å². The fourth-order valence-corrected chi connectivity index (χ4v) is 6.55. The Bertz CT molecular complexity index is 1450. The molecule has 9 heteroatoms. The van der Waals surface area contributed by atoms with Gasteiger partial charge in [-0.1, -0.05) is 59.6 Å². The molecule has 1 fully saturated rings. The van der Waals surface area contributed by atoms with E-state index < -0.39 is 10.9 Å². The highest BCUT2D eigenvalue weighted by Crippen LogP contribution is 2.42. The molecule has 212 valence electrons. The van der Waals surface area contributed by atoms with E-state index in [0.717, 1.165) is 84.5 Å². The number of hydrogen-bond donors (Lipinski definition) is 2. The first-order valence-electron chi connectivity index (χ1n) is 13.7. The maximum Gasteiger partial charge on any atom is 0.201 e. The Labute approximate surface area is 247 Å². The molecule has 1 N–H and O–H groups in total. The average Bonchev–Trinajstić information content (AvgIpc) is 3.30. The molecular formula is C31H33Cl2FN2O3S. The molecule has 0 saturated carbocycles. The van der Waals surface area contributed by atoms with Crippen molar-refractivity contribution in [2.24, 2.45) is 0 Å². The summed E-state index contributed by atoms with van der Waals surface area (Å²) in [6, 6.07) is 20.0. The maximum absolute atomic E-state index is 12.6. The molecule has 3 aromatic rings. The van der Waals surface area contributed by atoms with Gasteiger partial charge in [0.1, 0.15) is 11.9 Å². The SMILES string of the molecule is O=[SH](=O)NCc1ccc2c(c1)CCCC(c1ccc(Cl)cc1Cl)=C2c1ccc(O[C@H]2CCN(CCCF)C2)cc1. The summed E-state index contributed by atoms with van der Waals surface area (Å²) >= 11 is 13.0. The number of halogens is 3. The summed E-state index contributed by atoms with van der Waals surface area (Å²) in [4.78, 5) is 2.26. The maximum atomic E-state index is 12.6. The first kappa shape index (κ1) is 29.1. The minimum atomic E-state index is -2.66. The Morgan fingerprint density at radius 2 is 1.80 bits per heavy atom. The zero-order chi connectivity index (χ0) is 28.1. The van der Waals surface area contributed by atoms with Crippen LogP contribution in [0, 0.1) is 0 Å². The van der Waals surface area contributed by atoms with E-state index >= 15 is 0 Å². The standard InChI is InChI=1S/C31H33Cl2FN2O3S/c32-24-8-12-28(30(33)18-24)29-4-1-3-23-17-21(19-35-40(37)38)5-11-27(23)31(29)22-6-9-25(10-7-22)39-26-13-16-36(20-26)15-2-14-34/h5-12,17-18,26,40H,1-4,13-16,19-20H2,(H,35,37,38)/t26-/m0/s1. The van der Waals surface area contributed by atoms with Gasteiger partial charge in [0.2, 0.25) is 10.9 Å². The van der Waals surface area contributed by atoms with Crippen molar-refractivity contribution in [1.29, 1.82) is 0 Å². The third kappa shape index (κ3) is 7.07. The van der Waals surface area contributed by atoms with Crippen LogP contribution in [0.4, 0.5) is 4.39 Å². The Balaban J connectivity index is 1.49. The molecule has 1 heterocycles. The number of likely N-dealkylation sites (tertiary alicyclic amines) is 1. The van der Waals surface area contributed by atoms with E-state index in [1.54, 1.807) is 6.07 Å². The van der Waals surface area contributed by atoms with Crippen LogP contribution < -0.4 is 9.46 Å². The number of ether oxygens (including phenoxy) is 1. The van der Waals surface area contributed by atoms with Gasteiger partial charge in [-0.05, 0) is 95.3 Å². The lowest BCUT2D eigenvalue weighted by atomic mass is 9.87. The van der Waals surface area contributed by atoms with Gasteiger partial charge >= 0.3 is 0 Å². The van der Waals surface area contributed by atoms with Crippen molar-refractivity contribution >= 4 is 45.2 Å². The van der Waals surface area contributed by atoms with Crippen LogP contribution in [0.5, 0.6) is 5.75 Å². The lowest BCUT2D eigenvalue weighted by Gasteiger charge is -2.19. The van der Waals surface area contributed by atoms with Crippen LogP contribution in [-0.4, -0.2) is 45.7 Å². The minimum Gasteiger partial charge on any atom is -0.489 e. The number of nitrogens with zero attached hydrogens (tertiary/aromatic N) is 1. The second kappa shape index (κ2) is 13.5. The molecule has 1 atom stereocenters. The number of aryl methyl sites for hydroxylation is 1. The lowest BCUT2D eigenvalue weighted by Crippen LogP contribution is -2.26. The number of thiol groups is 1. The normalized spacial score (nSPS) is 17.8. The highest BCUT2D eigenvalue weighted by atomic mass is 35.5. The van der Waals surface area contributed by atoms with E-state index in [1.165, 1.54) is 5.56 Å². The monoisotopic (exact) mass is 602 g/mol. The fraction of sp³-hybridized carbons (Fsp3) is 0.355. The van der Waals surface area contributed by atoms with E-state index in [9.17, 15) is 12.8 Å². The van der Waals surface area contributed by atoms with Gasteiger partial charge in [0.05, 0.1) is 6.67 Å². The molecule has 1 saturated heterocycles. The number of alkyl halides is 1. The van der Waals surface area contributed by atoms with Crippen LogP contribution in [0.15, 0.2) is 60.7 Å². The van der Waals surface area contributed by atoms with Crippen molar-refractivity contribution in [3.8, 4) is 5.75 Å². The predicted octanol–water partition coefficient (Wildman–Crippen LogP) is 6.72. The molecule has 5 rings (SSSR count). The number of rotatable bonds is 10. The van der Waals surface area contributed by atoms with Gasteiger partial charge in [-0.15, -0.1) is 0 Å². The van der Waals surface area contributed by atoms with Crippen LogP contribution >= 0.6 is 23.2 Å². The van der Waals surface area contributed by atoms with E-state index in [-0.39, 0.29) is 19.3 Å². The highest BCUT2D eigenvalue weighted by molar-refractivity contribution is 7.70. The fourth-order valence-electron chi connectivity index (χ4n) is 5.71. The summed E-state index contributed by atoms with van der Waals surface area (Å²) in [5.41, 5.74) is 7.49. The van der Waals surface area contributed by atoms with E-state index in [2.05, 4.69) is 33.9 Å². The minimum absolute atomic E-state index is 0.100. The van der Waals surface area contributed by atoms with Crippen LogP contribution in [0.3, 0.4) is 0 Å². The molecular weight excluding hydrogens is 570 g/mol. The van der Waals surface area contributed by atoms with Gasteiger partial charge in [0.25, 0.3) is 0 Å². The van der Waals surface area contributed by atoms with Gasteiger partial charge in [0.15, 0.2) is 0 Å². The van der Waals surface area contributed by atoms with Gasteiger partial charge in [-0.25, -0.2) is 13.1 Å². The topological polar surface area (TPSA) is 58.6 Å². The second-order valence-electron chi connectivity index (χ2n) is 10.3. The smallest absolute Gasteiger partial charge is 0.201 e. The van der Waals surface area contributed by atoms with Gasteiger partial charge in [0, 0.05) is 36.2 Å². The third-order valence-corrected chi connectivity index (χ3v) is 8.53. The quantitative estimate of drug-likeness (QED) is 0.253. The summed E-state index contributed by atoms with van der Waals surface area (Å²) in [6.45, 7) is 2.49. The molecule has 0 radical (unpaired) electrons. The summed E-state index contributed by atoms with van der Waals surface area (Å²) in [5.74, 6) is 0.815. The molecule has 2 aliphatic rings. The van der Waals surface area contributed by atoms with Crippen LogP contribution in [0.25, 0.3) is 11.1 Å². The molecule has 3 aromatic carbocycles. The lowest BCUT2D eigenvalue weighted by molar-refractivity contribution is 0.198. The first-order chi connectivity index (χ1) is 19.4.